The summed E-state index contributed by atoms with van der Waals surface area (Å²) in [6.07, 6.45) is 2.46. The molecule has 1 aromatic carbocycles. The molecule has 1 aliphatic rings. The maximum absolute atomic E-state index is 10.8. The van der Waals surface area contributed by atoms with Gasteiger partial charge in [-0.2, -0.15) is 8.42 Å². The summed E-state index contributed by atoms with van der Waals surface area (Å²) in [6, 6.07) is 5.86. The first-order chi connectivity index (χ1) is 11.2. The van der Waals surface area contributed by atoms with E-state index in [-0.39, 0.29) is 11.9 Å². The van der Waals surface area contributed by atoms with Crippen LogP contribution in [0.3, 0.4) is 0 Å². The van der Waals surface area contributed by atoms with E-state index in [1.54, 1.807) is 7.11 Å². The van der Waals surface area contributed by atoms with Gasteiger partial charge in [-0.15, -0.1) is 0 Å². The van der Waals surface area contributed by atoms with Crippen molar-refractivity contribution in [3.8, 4) is 5.75 Å². The Morgan fingerprint density at radius 1 is 1.33 bits per heavy atom. The third kappa shape index (κ3) is 5.73. The summed E-state index contributed by atoms with van der Waals surface area (Å²) in [5, 5.41) is 0. The summed E-state index contributed by atoms with van der Waals surface area (Å²) in [5.74, 6) is 0.0261. The van der Waals surface area contributed by atoms with E-state index in [2.05, 4.69) is 0 Å². The van der Waals surface area contributed by atoms with Crippen LogP contribution in [0.15, 0.2) is 18.2 Å². The zero-order valence-corrected chi connectivity index (χ0v) is 15.3. The molecule has 1 aliphatic heterocycles. The Kier molecular flexibility index (Phi) is 6.25. The molecule has 0 saturated carbocycles. The molecule has 136 valence electrons. The minimum atomic E-state index is -3.89. The lowest BCUT2D eigenvalue weighted by molar-refractivity contribution is -0.138. The topological polar surface area (TPSA) is 82.1 Å². The van der Waals surface area contributed by atoms with Crippen LogP contribution in [0.2, 0.25) is 0 Å². The molecule has 1 fully saturated rings. The molecule has 1 saturated heterocycles. The zero-order valence-electron chi connectivity index (χ0n) is 14.4. The third-order valence-electron chi connectivity index (χ3n) is 4.05. The molecule has 24 heavy (non-hydrogen) atoms. The number of aryl methyl sites for hydroxylation is 1. The van der Waals surface area contributed by atoms with Crippen LogP contribution in [-0.2, 0) is 32.4 Å². The van der Waals surface area contributed by atoms with Crippen LogP contribution in [0.5, 0.6) is 5.75 Å². The number of hydrogen-bond donors (Lipinski definition) is 1. The van der Waals surface area contributed by atoms with Crippen molar-refractivity contribution in [3.05, 3.63) is 29.3 Å². The second kappa shape index (κ2) is 7.82. The molecule has 0 bridgehead atoms. The van der Waals surface area contributed by atoms with Crippen LogP contribution in [0, 0.1) is 0 Å². The van der Waals surface area contributed by atoms with Crippen molar-refractivity contribution in [2.24, 2.45) is 0 Å². The van der Waals surface area contributed by atoms with Gasteiger partial charge in [0.1, 0.15) is 5.75 Å². The second-order valence-electron chi connectivity index (χ2n) is 6.50. The van der Waals surface area contributed by atoms with E-state index in [1.807, 2.05) is 32.0 Å². The van der Waals surface area contributed by atoms with Gasteiger partial charge in [0.15, 0.2) is 5.79 Å². The van der Waals surface area contributed by atoms with Crippen LogP contribution in [0.1, 0.15) is 37.8 Å². The van der Waals surface area contributed by atoms with Gasteiger partial charge in [-0.3, -0.25) is 4.55 Å². The lowest BCUT2D eigenvalue weighted by Crippen LogP contribution is -2.22. The van der Waals surface area contributed by atoms with Crippen LogP contribution < -0.4 is 4.74 Å². The fourth-order valence-electron chi connectivity index (χ4n) is 2.96. The van der Waals surface area contributed by atoms with Crippen molar-refractivity contribution in [2.75, 3.05) is 19.5 Å². The quantitative estimate of drug-likeness (QED) is 0.568. The molecule has 0 spiro atoms. The van der Waals surface area contributed by atoms with Gasteiger partial charge in [0.05, 0.1) is 25.6 Å². The second-order valence-corrected chi connectivity index (χ2v) is 8.07. The van der Waals surface area contributed by atoms with Gasteiger partial charge in [-0.1, -0.05) is 12.1 Å². The highest BCUT2D eigenvalue weighted by Crippen LogP contribution is 2.30. The minimum absolute atomic E-state index is 0.0344. The van der Waals surface area contributed by atoms with Gasteiger partial charge < -0.3 is 14.2 Å². The molecule has 0 aromatic heterocycles. The first-order valence-corrected chi connectivity index (χ1v) is 9.73. The van der Waals surface area contributed by atoms with Crippen LogP contribution in [-0.4, -0.2) is 44.3 Å². The largest absolute Gasteiger partial charge is 0.496 e. The van der Waals surface area contributed by atoms with Crippen LogP contribution in [0.25, 0.3) is 0 Å². The Labute approximate surface area is 143 Å². The maximum Gasteiger partial charge on any atom is 0.264 e. The number of methoxy groups -OCH3 is 1. The predicted octanol–water partition coefficient (Wildman–Crippen LogP) is 2.60. The Bertz CT molecular complexity index is 653. The van der Waals surface area contributed by atoms with E-state index in [0.717, 1.165) is 23.3 Å². The van der Waals surface area contributed by atoms with Gasteiger partial charge in [0.2, 0.25) is 0 Å². The van der Waals surface area contributed by atoms with Crippen molar-refractivity contribution in [1.82, 2.24) is 0 Å². The molecule has 0 amide bonds. The van der Waals surface area contributed by atoms with E-state index in [1.165, 1.54) is 0 Å². The van der Waals surface area contributed by atoms with Gasteiger partial charge in [-0.05, 0) is 50.3 Å². The predicted molar refractivity (Wildman–Crippen MR) is 91.0 cm³/mol. The molecular formula is C17H26O6S. The summed E-state index contributed by atoms with van der Waals surface area (Å²) in [6.45, 7) is 4.32. The summed E-state index contributed by atoms with van der Waals surface area (Å²) < 4.78 is 47.4. The highest BCUT2D eigenvalue weighted by molar-refractivity contribution is 7.85. The number of benzene rings is 1. The molecule has 1 unspecified atom stereocenters. The van der Waals surface area contributed by atoms with E-state index < -0.39 is 15.9 Å². The molecule has 1 heterocycles. The number of ether oxygens (including phenoxy) is 3. The summed E-state index contributed by atoms with van der Waals surface area (Å²) >= 11 is 0. The standard InChI is InChI=1S/C17H26O6S/c1-17(2)22-12-14(23-17)11-15-13(8-6-9-16(15)21-3)7-4-5-10-24(18,19)20/h6,8-9,14H,4-5,7,10-12H2,1-3H3,(H,18,19,20). The number of unbranched alkanes of at least 4 members (excludes halogenated alkanes) is 1. The molecule has 0 radical (unpaired) electrons. The van der Waals surface area contributed by atoms with E-state index in [9.17, 15) is 8.42 Å². The first kappa shape index (κ1) is 19.2. The molecule has 7 heteroatoms. The fourth-order valence-corrected chi connectivity index (χ4v) is 3.53. The van der Waals surface area contributed by atoms with E-state index in [0.29, 0.717) is 25.9 Å². The van der Waals surface area contributed by atoms with Crippen molar-refractivity contribution < 1.29 is 27.2 Å². The van der Waals surface area contributed by atoms with Crippen molar-refractivity contribution >= 4 is 10.1 Å². The first-order valence-electron chi connectivity index (χ1n) is 8.12. The molecule has 2 rings (SSSR count). The highest BCUT2D eigenvalue weighted by Gasteiger charge is 2.33. The third-order valence-corrected chi connectivity index (χ3v) is 4.85. The highest BCUT2D eigenvalue weighted by atomic mass is 32.2. The van der Waals surface area contributed by atoms with Gasteiger partial charge in [-0.25, -0.2) is 0 Å². The summed E-state index contributed by atoms with van der Waals surface area (Å²) in [5.41, 5.74) is 2.18. The summed E-state index contributed by atoms with van der Waals surface area (Å²) in [7, 11) is -2.26. The lowest BCUT2D eigenvalue weighted by Gasteiger charge is -2.19. The molecule has 6 nitrogen and oxygen atoms in total. The normalized spacial score (nSPS) is 20.2. The minimum Gasteiger partial charge on any atom is -0.496 e. The maximum atomic E-state index is 10.8. The SMILES string of the molecule is COc1cccc(CCCCS(=O)(=O)O)c1CC1COC(C)(C)O1. The fraction of sp³-hybridized carbons (Fsp3) is 0.647. The molecule has 0 aliphatic carbocycles. The van der Waals surface area contributed by atoms with Crippen LogP contribution >= 0.6 is 0 Å². The average Bonchev–Trinajstić information content (AvgIpc) is 2.83. The molecule has 1 atom stereocenters. The van der Waals surface area contributed by atoms with Crippen LogP contribution in [0.4, 0.5) is 0 Å². The molecule has 1 aromatic rings. The van der Waals surface area contributed by atoms with E-state index >= 15 is 0 Å². The van der Waals surface area contributed by atoms with Gasteiger partial charge in [0.25, 0.3) is 10.1 Å². The Hall–Kier alpha value is -1.15. The molecular weight excluding hydrogens is 332 g/mol. The van der Waals surface area contributed by atoms with Crippen molar-refractivity contribution in [3.63, 3.8) is 0 Å². The average molecular weight is 358 g/mol. The number of rotatable bonds is 8. The monoisotopic (exact) mass is 358 g/mol. The lowest BCUT2D eigenvalue weighted by atomic mass is 9.96. The Balaban J connectivity index is 2.05. The molecule has 1 N–H and O–H groups in total. The van der Waals surface area contributed by atoms with Gasteiger partial charge >= 0.3 is 0 Å². The van der Waals surface area contributed by atoms with Gasteiger partial charge in [0, 0.05) is 6.42 Å². The van der Waals surface area contributed by atoms with E-state index in [4.69, 9.17) is 18.8 Å². The zero-order chi connectivity index (χ0) is 17.8. The Morgan fingerprint density at radius 2 is 2.08 bits per heavy atom. The Morgan fingerprint density at radius 3 is 2.67 bits per heavy atom. The smallest absolute Gasteiger partial charge is 0.264 e. The summed E-state index contributed by atoms with van der Waals surface area (Å²) in [4.78, 5) is 0. The van der Waals surface area contributed by atoms with Crippen molar-refractivity contribution in [2.45, 2.75) is 51.4 Å². The van der Waals surface area contributed by atoms with Crippen molar-refractivity contribution in [1.29, 1.82) is 0 Å². The number of hydrogen-bond acceptors (Lipinski definition) is 5.